The van der Waals surface area contributed by atoms with Crippen molar-refractivity contribution in [3.63, 3.8) is 0 Å². The molecule has 2 aliphatic heterocycles. The second-order valence-corrected chi connectivity index (χ2v) is 7.43. The standard InChI is InChI=1S/C10H19N3O3S2/c11-18(15,16)13-3-1-9(2-4-13)10(14)12-5-7-17-8-6-12/h9H,1-8H2,(H2,11,15,16). The number of piperidine rings is 1. The van der Waals surface area contributed by atoms with Gasteiger partial charge in [0, 0.05) is 43.6 Å². The molecule has 18 heavy (non-hydrogen) atoms. The van der Waals surface area contributed by atoms with E-state index in [0.717, 1.165) is 24.6 Å². The van der Waals surface area contributed by atoms with Crippen molar-refractivity contribution >= 4 is 27.9 Å². The Kier molecular flexibility index (Phi) is 4.52. The molecule has 2 N–H and O–H groups in total. The van der Waals surface area contributed by atoms with Crippen molar-refractivity contribution in [1.82, 2.24) is 9.21 Å². The molecule has 0 aromatic carbocycles. The average molecular weight is 293 g/mol. The third-order valence-corrected chi connectivity index (χ3v) is 5.51. The minimum Gasteiger partial charge on any atom is -0.341 e. The number of thioether (sulfide) groups is 1. The van der Waals surface area contributed by atoms with Gasteiger partial charge < -0.3 is 4.90 Å². The molecule has 2 heterocycles. The van der Waals surface area contributed by atoms with E-state index in [9.17, 15) is 13.2 Å². The zero-order valence-corrected chi connectivity index (χ0v) is 11.9. The first-order chi connectivity index (χ1) is 8.48. The van der Waals surface area contributed by atoms with Crippen molar-refractivity contribution in [2.24, 2.45) is 11.1 Å². The lowest BCUT2D eigenvalue weighted by molar-refractivity contribution is -0.136. The van der Waals surface area contributed by atoms with Crippen LogP contribution in [0.25, 0.3) is 0 Å². The molecule has 0 spiro atoms. The molecule has 2 rings (SSSR count). The molecule has 0 unspecified atom stereocenters. The van der Waals surface area contributed by atoms with Crippen LogP contribution in [0.1, 0.15) is 12.8 Å². The molecular formula is C10H19N3O3S2. The van der Waals surface area contributed by atoms with Gasteiger partial charge in [0.25, 0.3) is 10.2 Å². The van der Waals surface area contributed by atoms with Gasteiger partial charge in [-0.2, -0.15) is 24.5 Å². The SMILES string of the molecule is NS(=O)(=O)N1CCC(C(=O)N2CCSCC2)CC1. The molecule has 1 amide bonds. The Labute approximate surface area is 112 Å². The van der Waals surface area contributed by atoms with Gasteiger partial charge >= 0.3 is 0 Å². The van der Waals surface area contributed by atoms with Crippen molar-refractivity contribution < 1.29 is 13.2 Å². The number of nitrogens with two attached hydrogens (primary N) is 1. The summed E-state index contributed by atoms with van der Waals surface area (Å²) in [7, 11) is -3.59. The fourth-order valence-corrected chi connectivity index (χ4v) is 4.02. The summed E-state index contributed by atoms with van der Waals surface area (Å²) >= 11 is 1.87. The van der Waals surface area contributed by atoms with E-state index >= 15 is 0 Å². The van der Waals surface area contributed by atoms with Crippen LogP contribution < -0.4 is 5.14 Å². The predicted octanol–water partition coefficient (Wildman–Crippen LogP) is -0.523. The number of carbonyl (C=O) groups is 1. The van der Waals surface area contributed by atoms with E-state index in [1.54, 1.807) is 0 Å². The second kappa shape index (κ2) is 5.77. The van der Waals surface area contributed by atoms with Crippen molar-refractivity contribution in [3.05, 3.63) is 0 Å². The van der Waals surface area contributed by atoms with Crippen LogP contribution in [0.2, 0.25) is 0 Å². The van der Waals surface area contributed by atoms with Crippen LogP contribution in [0, 0.1) is 5.92 Å². The molecule has 0 saturated carbocycles. The van der Waals surface area contributed by atoms with Gasteiger partial charge in [-0.3, -0.25) is 4.79 Å². The summed E-state index contributed by atoms with van der Waals surface area (Å²) in [4.78, 5) is 14.1. The highest BCUT2D eigenvalue weighted by Crippen LogP contribution is 2.22. The first-order valence-corrected chi connectivity index (χ1v) is 8.78. The van der Waals surface area contributed by atoms with Crippen molar-refractivity contribution in [1.29, 1.82) is 0 Å². The Hall–Kier alpha value is -0.310. The number of nitrogens with zero attached hydrogens (tertiary/aromatic N) is 2. The first kappa shape index (κ1) is 14.1. The van der Waals surface area contributed by atoms with Gasteiger partial charge in [-0.15, -0.1) is 0 Å². The molecule has 2 saturated heterocycles. The summed E-state index contributed by atoms with van der Waals surface area (Å²) in [6.07, 6.45) is 1.16. The second-order valence-electron chi connectivity index (χ2n) is 4.66. The van der Waals surface area contributed by atoms with Gasteiger partial charge in [-0.05, 0) is 12.8 Å². The van der Waals surface area contributed by atoms with Crippen LogP contribution in [-0.2, 0) is 15.0 Å². The maximum absolute atomic E-state index is 12.2. The third-order valence-electron chi connectivity index (χ3n) is 3.49. The summed E-state index contributed by atoms with van der Waals surface area (Å²) in [6, 6.07) is 0. The maximum Gasteiger partial charge on any atom is 0.276 e. The molecule has 0 aromatic rings. The molecule has 2 aliphatic rings. The molecule has 0 radical (unpaired) electrons. The Morgan fingerprint density at radius 3 is 2.17 bits per heavy atom. The van der Waals surface area contributed by atoms with Crippen molar-refractivity contribution in [3.8, 4) is 0 Å². The lowest BCUT2D eigenvalue weighted by atomic mass is 9.96. The minimum absolute atomic E-state index is 0.0360. The number of hydrogen-bond donors (Lipinski definition) is 1. The van der Waals surface area contributed by atoms with E-state index in [4.69, 9.17) is 5.14 Å². The Balaban J connectivity index is 1.87. The molecule has 0 aromatic heterocycles. The molecule has 2 fully saturated rings. The summed E-state index contributed by atoms with van der Waals surface area (Å²) in [5, 5.41) is 5.07. The molecule has 0 atom stereocenters. The van der Waals surface area contributed by atoms with Crippen LogP contribution >= 0.6 is 11.8 Å². The van der Waals surface area contributed by atoms with Gasteiger partial charge in [-0.25, -0.2) is 5.14 Å². The van der Waals surface area contributed by atoms with E-state index in [-0.39, 0.29) is 11.8 Å². The molecular weight excluding hydrogens is 274 g/mol. The van der Waals surface area contributed by atoms with Crippen LogP contribution in [0.5, 0.6) is 0 Å². The fraction of sp³-hybridized carbons (Fsp3) is 0.900. The normalized spacial score (nSPS) is 24.2. The lowest BCUT2D eigenvalue weighted by Gasteiger charge is -2.34. The minimum atomic E-state index is -3.59. The quantitative estimate of drug-likeness (QED) is 0.742. The van der Waals surface area contributed by atoms with Gasteiger partial charge in [0.15, 0.2) is 0 Å². The Bertz CT molecular complexity index is 399. The Morgan fingerprint density at radius 2 is 1.67 bits per heavy atom. The number of hydrogen-bond acceptors (Lipinski definition) is 4. The predicted molar refractivity (Wildman–Crippen MR) is 71.3 cm³/mol. The van der Waals surface area contributed by atoms with E-state index in [2.05, 4.69) is 0 Å². The molecule has 6 nitrogen and oxygen atoms in total. The van der Waals surface area contributed by atoms with E-state index in [0.29, 0.717) is 25.9 Å². The highest BCUT2D eigenvalue weighted by molar-refractivity contribution is 7.99. The van der Waals surface area contributed by atoms with Crippen LogP contribution in [0.3, 0.4) is 0 Å². The van der Waals surface area contributed by atoms with Crippen molar-refractivity contribution in [2.45, 2.75) is 12.8 Å². The first-order valence-electron chi connectivity index (χ1n) is 6.13. The van der Waals surface area contributed by atoms with E-state index < -0.39 is 10.2 Å². The molecule has 104 valence electrons. The summed E-state index contributed by atoms with van der Waals surface area (Å²) < 4.78 is 23.6. The average Bonchev–Trinajstić information content (AvgIpc) is 2.38. The number of carbonyl (C=O) groups excluding carboxylic acids is 1. The lowest BCUT2D eigenvalue weighted by Crippen LogP contribution is -2.47. The largest absolute Gasteiger partial charge is 0.341 e. The highest BCUT2D eigenvalue weighted by Gasteiger charge is 2.32. The third kappa shape index (κ3) is 3.37. The van der Waals surface area contributed by atoms with Crippen molar-refractivity contribution in [2.75, 3.05) is 37.7 Å². The van der Waals surface area contributed by atoms with Gasteiger partial charge in [0.05, 0.1) is 0 Å². The highest BCUT2D eigenvalue weighted by atomic mass is 32.2. The molecule has 8 heteroatoms. The number of rotatable bonds is 2. The summed E-state index contributed by atoms with van der Waals surface area (Å²) in [6.45, 7) is 2.35. The zero-order chi connectivity index (χ0) is 13.2. The Morgan fingerprint density at radius 1 is 1.11 bits per heavy atom. The van der Waals surface area contributed by atoms with Crippen LogP contribution in [-0.4, -0.2) is 61.2 Å². The molecule has 0 aliphatic carbocycles. The van der Waals surface area contributed by atoms with E-state index in [1.165, 1.54) is 4.31 Å². The molecule has 0 bridgehead atoms. The number of amides is 1. The van der Waals surface area contributed by atoms with Crippen LogP contribution in [0.15, 0.2) is 0 Å². The van der Waals surface area contributed by atoms with Gasteiger partial charge in [0.2, 0.25) is 5.91 Å². The van der Waals surface area contributed by atoms with Gasteiger partial charge in [-0.1, -0.05) is 0 Å². The fourth-order valence-electron chi connectivity index (χ4n) is 2.40. The monoisotopic (exact) mass is 293 g/mol. The summed E-state index contributed by atoms with van der Waals surface area (Å²) in [5.41, 5.74) is 0. The maximum atomic E-state index is 12.2. The van der Waals surface area contributed by atoms with E-state index in [1.807, 2.05) is 16.7 Å². The van der Waals surface area contributed by atoms with Crippen LogP contribution in [0.4, 0.5) is 0 Å². The zero-order valence-electron chi connectivity index (χ0n) is 10.2. The smallest absolute Gasteiger partial charge is 0.276 e. The topological polar surface area (TPSA) is 83.7 Å². The van der Waals surface area contributed by atoms with Gasteiger partial charge in [0.1, 0.15) is 0 Å². The summed E-state index contributed by atoms with van der Waals surface area (Å²) in [5.74, 6) is 2.15.